The first-order valence-corrected chi connectivity index (χ1v) is 10.2. The van der Waals surface area contributed by atoms with Crippen LogP contribution in [-0.2, 0) is 14.4 Å². The molecule has 0 spiro atoms. The smallest absolute Gasteiger partial charge is 0.274 e. The fourth-order valence-corrected chi connectivity index (χ4v) is 2.72. The van der Waals surface area contributed by atoms with E-state index in [1.54, 1.807) is 45.0 Å². The minimum absolute atomic E-state index is 0.422. The van der Waals surface area contributed by atoms with Crippen LogP contribution < -0.4 is 26.2 Å². The second kappa shape index (κ2) is 12.1. The van der Waals surface area contributed by atoms with Crippen molar-refractivity contribution < 1.29 is 29.4 Å². The average Bonchev–Trinajstić information content (AvgIpc) is 2.74. The van der Waals surface area contributed by atoms with Crippen LogP contribution >= 0.6 is 0 Å². The molecule has 1 aromatic rings. The van der Waals surface area contributed by atoms with Crippen LogP contribution in [-0.4, -0.2) is 59.9 Å². The number of amides is 3. The Morgan fingerprint density at radius 3 is 2.16 bits per heavy atom. The Hall–Kier alpha value is -2.85. The number of benzene rings is 1. The largest absolute Gasteiger partial charge is 0.494 e. The first kappa shape index (κ1) is 26.2. The minimum Gasteiger partial charge on any atom is -0.494 e. The van der Waals surface area contributed by atoms with Crippen LogP contribution in [0.5, 0.6) is 5.75 Å². The molecule has 3 unspecified atom stereocenters. The molecule has 0 saturated heterocycles. The molecule has 3 amide bonds. The lowest BCUT2D eigenvalue weighted by atomic mass is 9.85. The molecule has 0 aliphatic rings. The van der Waals surface area contributed by atoms with E-state index in [2.05, 4.69) is 22.9 Å². The number of carbonyl (C=O) groups is 3. The van der Waals surface area contributed by atoms with E-state index in [1.165, 1.54) is 12.5 Å². The summed E-state index contributed by atoms with van der Waals surface area (Å²) >= 11 is 0. The Kier molecular flexibility index (Phi) is 10.2. The van der Waals surface area contributed by atoms with Crippen molar-refractivity contribution in [3.8, 4) is 5.75 Å². The van der Waals surface area contributed by atoms with E-state index in [1.807, 2.05) is 0 Å². The number of anilines is 1. The highest BCUT2D eigenvalue weighted by molar-refractivity contribution is 5.96. The summed E-state index contributed by atoms with van der Waals surface area (Å²) < 4.78 is 5.59. The molecular formula is C21H34N4O6. The number of likely N-dealkylation sites (N-methyl/N-ethyl adjacent to an activating group) is 1. The number of aliphatic hydroxyl groups excluding tert-OH is 1. The summed E-state index contributed by atoms with van der Waals surface area (Å²) in [5.41, 5.74) is 1.13. The van der Waals surface area contributed by atoms with Crippen molar-refractivity contribution in [2.45, 2.75) is 58.7 Å². The van der Waals surface area contributed by atoms with E-state index < -0.39 is 41.3 Å². The van der Waals surface area contributed by atoms with Gasteiger partial charge < -0.3 is 25.8 Å². The minimum atomic E-state index is -1.92. The van der Waals surface area contributed by atoms with Crippen molar-refractivity contribution in [2.75, 3.05) is 19.0 Å². The number of ether oxygens (including phenoxy) is 1. The topological polar surface area (TPSA) is 149 Å². The normalized spacial score (nSPS) is 14.0. The Balaban J connectivity index is 3.05. The third-order valence-corrected chi connectivity index (χ3v) is 4.58. The molecule has 0 bridgehead atoms. The number of nitrogens with one attached hydrogen (secondary N) is 4. The highest BCUT2D eigenvalue weighted by atomic mass is 16.5. The highest BCUT2D eigenvalue weighted by Gasteiger charge is 2.38. The van der Waals surface area contributed by atoms with Gasteiger partial charge in [0.2, 0.25) is 11.8 Å². The van der Waals surface area contributed by atoms with Crippen molar-refractivity contribution in [1.29, 1.82) is 0 Å². The van der Waals surface area contributed by atoms with Crippen LogP contribution in [0.3, 0.4) is 0 Å². The SMILES string of the molecule is CCCCOc1ccc(NC(C(=O)NC(C(=O)NC)C(C)(C)C)C(O)C(=O)NO)cc1. The van der Waals surface area contributed by atoms with Gasteiger partial charge >= 0.3 is 0 Å². The van der Waals surface area contributed by atoms with Crippen molar-refractivity contribution in [1.82, 2.24) is 16.1 Å². The molecule has 0 saturated carbocycles. The molecule has 0 radical (unpaired) electrons. The number of aliphatic hydroxyl groups is 1. The van der Waals surface area contributed by atoms with Crippen LogP contribution in [0.4, 0.5) is 5.69 Å². The van der Waals surface area contributed by atoms with Crippen molar-refractivity contribution in [3.05, 3.63) is 24.3 Å². The molecule has 3 atom stereocenters. The van der Waals surface area contributed by atoms with Gasteiger partial charge in [-0.2, -0.15) is 0 Å². The van der Waals surface area contributed by atoms with Gasteiger partial charge in [0.25, 0.3) is 5.91 Å². The molecular weight excluding hydrogens is 404 g/mol. The zero-order valence-electron chi connectivity index (χ0n) is 18.7. The van der Waals surface area contributed by atoms with Gasteiger partial charge in [-0.3, -0.25) is 19.6 Å². The molecule has 0 heterocycles. The maximum atomic E-state index is 12.9. The van der Waals surface area contributed by atoms with Crippen LogP contribution in [0.15, 0.2) is 24.3 Å². The summed E-state index contributed by atoms with van der Waals surface area (Å²) in [6.45, 7) is 7.94. The summed E-state index contributed by atoms with van der Waals surface area (Å²) in [5, 5.41) is 27.0. The average molecular weight is 439 g/mol. The van der Waals surface area contributed by atoms with E-state index >= 15 is 0 Å². The number of rotatable bonds is 11. The quantitative estimate of drug-likeness (QED) is 0.170. The Bertz CT molecular complexity index is 732. The fraction of sp³-hybridized carbons (Fsp3) is 0.571. The van der Waals surface area contributed by atoms with Gasteiger partial charge in [0.05, 0.1) is 6.61 Å². The summed E-state index contributed by atoms with van der Waals surface area (Å²) in [6, 6.07) is 4.24. The second-order valence-electron chi connectivity index (χ2n) is 8.19. The highest BCUT2D eigenvalue weighted by Crippen LogP contribution is 2.21. The van der Waals surface area contributed by atoms with Crippen LogP contribution in [0.25, 0.3) is 0 Å². The molecule has 10 nitrogen and oxygen atoms in total. The lowest BCUT2D eigenvalue weighted by Gasteiger charge is -2.32. The number of hydroxylamine groups is 1. The van der Waals surface area contributed by atoms with Crippen LogP contribution in [0, 0.1) is 5.41 Å². The molecule has 1 rings (SSSR count). The monoisotopic (exact) mass is 438 g/mol. The Labute approximate surface area is 182 Å². The van der Waals surface area contributed by atoms with Gasteiger partial charge in [-0.1, -0.05) is 34.1 Å². The van der Waals surface area contributed by atoms with E-state index in [0.717, 1.165) is 12.8 Å². The molecule has 6 N–H and O–H groups in total. The molecule has 10 heteroatoms. The molecule has 0 aliphatic heterocycles. The van der Waals surface area contributed by atoms with Gasteiger partial charge in [0.15, 0.2) is 6.10 Å². The van der Waals surface area contributed by atoms with Crippen molar-refractivity contribution >= 4 is 23.4 Å². The lowest BCUT2D eigenvalue weighted by Crippen LogP contribution is -2.59. The number of unbranched alkanes of at least 4 members (excludes halogenated alkanes) is 1. The van der Waals surface area contributed by atoms with Crippen molar-refractivity contribution in [3.63, 3.8) is 0 Å². The molecule has 0 fully saturated rings. The van der Waals surface area contributed by atoms with E-state index in [4.69, 9.17) is 9.94 Å². The van der Waals surface area contributed by atoms with E-state index in [9.17, 15) is 19.5 Å². The van der Waals surface area contributed by atoms with Crippen LogP contribution in [0.2, 0.25) is 0 Å². The van der Waals surface area contributed by atoms with E-state index in [-0.39, 0.29) is 0 Å². The molecule has 0 aromatic heterocycles. The van der Waals surface area contributed by atoms with Crippen LogP contribution in [0.1, 0.15) is 40.5 Å². The molecule has 174 valence electrons. The van der Waals surface area contributed by atoms with Gasteiger partial charge in [-0.25, -0.2) is 5.48 Å². The number of carbonyl (C=O) groups excluding carboxylic acids is 3. The summed E-state index contributed by atoms with van der Waals surface area (Å²) in [6.07, 6.45) is 0.00785. The summed E-state index contributed by atoms with van der Waals surface area (Å²) in [7, 11) is 1.45. The summed E-state index contributed by atoms with van der Waals surface area (Å²) in [5.74, 6) is -1.74. The third-order valence-electron chi connectivity index (χ3n) is 4.58. The van der Waals surface area contributed by atoms with E-state index in [0.29, 0.717) is 18.0 Å². The third kappa shape index (κ3) is 8.06. The lowest BCUT2D eigenvalue weighted by molar-refractivity contribution is -0.142. The predicted octanol–water partition coefficient (Wildman–Crippen LogP) is 0.789. The molecule has 1 aromatic carbocycles. The second-order valence-corrected chi connectivity index (χ2v) is 8.19. The first-order chi connectivity index (χ1) is 14.5. The fourth-order valence-electron chi connectivity index (χ4n) is 2.72. The summed E-state index contributed by atoms with van der Waals surface area (Å²) in [4.78, 5) is 37.0. The number of hydrogen-bond donors (Lipinski definition) is 6. The van der Waals surface area contributed by atoms with Crippen molar-refractivity contribution in [2.24, 2.45) is 5.41 Å². The standard InChI is InChI=1S/C21H34N4O6/c1-6-7-12-31-14-10-8-13(9-11-14)23-15(16(26)19(28)25-30)18(27)24-17(20(29)22-5)21(2,3)4/h8-11,15-17,23,26,30H,6-7,12H2,1-5H3,(H,22,29)(H,24,27)(H,25,28). The van der Waals surface area contributed by atoms with Gasteiger partial charge in [0, 0.05) is 12.7 Å². The van der Waals surface area contributed by atoms with Gasteiger partial charge in [-0.05, 0) is 36.1 Å². The zero-order valence-corrected chi connectivity index (χ0v) is 18.7. The molecule has 31 heavy (non-hydrogen) atoms. The maximum absolute atomic E-state index is 12.9. The van der Waals surface area contributed by atoms with Gasteiger partial charge in [0.1, 0.15) is 17.8 Å². The maximum Gasteiger partial charge on any atom is 0.274 e. The Morgan fingerprint density at radius 2 is 1.68 bits per heavy atom. The Morgan fingerprint density at radius 1 is 1.06 bits per heavy atom. The first-order valence-electron chi connectivity index (χ1n) is 10.2. The van der Waals surface area contributed by atoms with Gasteiger partial charge in [-0.15, -0.1) is 0 Å². The zero-order chi connectivity index (χ0) is 23.6. The molecule has 0 aliphatic carbocycles. The predicted molar refractivity (Wildman–Crippen MR) is 116 cm³/mol. The number of hydrogen-bond acceptors (Lipinski definition) is 7.